The smallest absolute Gasteiger partial charge is 0.340 e. The molecule has 2 aliphatic rings. The van der Waals surface area contributed by atoms with Crippen molar-refractivity contribution in [1.82, 2.24) is 0 Å². The van der Waals surface area contributed by atoms with Crippen molar-refractivity contribution in [3.63, 3.8) is 0 Å². The quantitative estimate of drug-likeness (QED) is 0.0925. The summed E-state index contributed by atoms with van der Waals surface area (Å²) >= 11 is 3.27. The van der Waals surface area contributed by atoms with Crippen LogP contribution in [-0.4, -0.2) is 69.5 Å². The van der Waals surface area contributed by atoms with E-state index in [9.17, 15) is 31.5 Å². The van der Waals surface area contributed by atoms with E-state index >= 15 is 0 Å². The molecule has 0 saturated heterocycles. The van der Waals surface area contributed by atoms with Gasteiger partial charge in [0.1, 0.15) is 29.3 Å². The van der Waals surface area contributed by atoms with E-state index in [2.05, 4.69) is 35.9 Å². The number of cyclic esters (lactones) is 2. The number of rotatable bonds is 10. The largest absolute Gasteiger partial charge is 0.508 e. The van der Waals surface area contributed by atoms with Crippen molar-refractivity contribution >= 4 is 69.8 Å². The molecule has 0 aromatic heterocycles. The lowest BCUT2D eigenvalue weighted by Gasteiger charge is -2.22. The van der Waals surface area contributed by atoms with Gasteiger partial charge in [-0.3, -0.25) is 0 Å². The molecule has 0 amide bonds. The number of esters is 2. The van der Waals surface area contributed by atoms with Gasteiger partial charge in [0, 0.05) is 29.0 Å². The molecule has 0 spiro atoms. The van der Waals surface area contributed by atoms with Crippen molar-refractivity contribution in [3.8, 4) is 11.5 Å². The van der Waals surface area contributed by atoms with Crippen LogP contribution < -0.4 is 4.74 Å². The summed E-state index contributed by atoms with van der Waals surface area (Å²) in [5.74, 6) is -0.0335. The van der Waals surface area contributed by atoms with Gasteiger partial charge < -0.3 is 19.3 Å². The molecule has 0 radical (unpaired) electrons. The van der Waals surface area contributed by atoms with Gasteiger partial charge in [-0.2, -0.15) is 0 Å². The number of carbonyl (C=O) groups is 2. The van der Waals surface area contributed by atoms with Gasteiger partial charge in [-0.15, -0.1) is 0 Å². The first-order valence-electron chi connectivity index (χ1n) is 19.3. The second-order valence-corrected chi connectivity index (χ2v) is 20.7. The molecular formula is C48H53BrO10S2. The maximum absolute atomic E-state index is 12.7. The average Bonchev–Trinajstić information content (AvgIpc) is 3.56. The SMILES string of the molecule is CC(C)=CCBr.CC(C)=CCOc1ccc(C2=C(c3ccc(S(C)(=O)=O)cc3)C(C)(C)OC2=O)cc1.CC1(C)OC(=O)C(c2ccc(O)cc2)=C1c1ccc(S(C)(=O)=O)cc1. The summed E-state index contributed by atoms with van der Waals surface area (Å²) in [6.45, 7) is 15.9. The third kappa shape index (κ3) is 12.7. The molecule has 0 fully saturated rings. The van der Waals surface area contributed by atoms with E-state index in [1.54, 1.807) is 62.4 Å². The van der Waals surface area contributed by atoms with Crippen molar-refractivity contribution in [1.29, 1.82) is 0 Å². The Bertz CT molecular complexity index is 2590. The van der Waals surface area contributed by atoms with E-state index in [1.807, 2.05) is 58.0 Å². The molecule has 61 heavy (non-hydrogen) atoms. The highest BCUT2D eigenvalue weighted by Gasteiger charge is 2.43. The summed E-state index contributed by atoms with van der Waals surface area (Å²) in [6, 6.07) is 26.5. The average molecular weight is 934 g/mol. The second kappa shape index (κ2) is 19.6. The van der Waals surface area contributed by atoms with Crippen LogP contribution in [0.15, 0.2) is 130 Å². The molecule has 4 aromatic carbocycles. The van der Waals surface area contributed by atoms with Gasteiger partial charge in [0.2, 0.25) is 0 Å². The number of hydrogen-bond donors (Lipinski definition) is 1. The predicted molar refractivity (Wildman–Crippen MR) is 246 cm³/mol. The highest BCUT2D eigenvalue weighted by molar-refractivity contribution is 9.09. The normalized spacial score (nSPS) is 15.4. The lowest BCUT2D eigenvalue weighted by molar-refractivity contribution is -0.143. The van der Waals surface area contributed by atoms with Crippen molar-refractivity contribution < 1.29 is 45.7 Å². The highest BCUT2D eigenvalue weighted by atomic mass is 79.9. The molecule has 10 nitrogen and oxygen atoms in total. The first-order valence-corrected chi connectivity index (χ1v) is 24.2. The molecule has 6 rings (SSSR count). The van der Waals surface area contributed by atoms with Crippen LogP contribution in [-0.2, 0) is 38.7 Å². The number of aromatic hydroxyl groups is 1. The number of allylic oxidation sites excluding steroid dienone is 3. The van der Waals surface area contributed by atoms with Crippen molar-refractivity contribution in [3.05, 3.63) is 143 Å². The molecule has 0 saturated carbocycles. The maximum atomic E-state index is 12.7. The minimum Gasteiger partial charge on any atom is -0.508 e. The first-order chi connectivity index (χ1) is 28.4. The predicted octanol–water partition coefficient (Wildman–Crippen LogP) is 10.1. The van der Waals surface area contributed by atoms with Crippen molar-refractivity contribution in [2.75, 3.05) is 24.4 Å². The topological polar surface area (TPSA) is 150 Å². The lowest BCUT2D eigenvalue weighted by atomic mass is 9.87. The van der Waals surface area contributed by atoms with Crippen LogP contribution in [0.3, 0.4) is 0 Å². The molecule has 324 valence electrons. The van der Waals surface area contributed by atoms with E-state index in [1.165, 1.54) is 41.7 Å². The highest BCUT2D eigenvalue weighted by Crippen LogP contribution is 2.45. The Morgan fingerprint density at radius 1 is 0.590 bits per heavy atom. The van der Waals surface area contributed by atoms with Crippen molar-refractivity contribution in [2.24, 2.45) is 0 Å². The van der Waals surface area contributed by atoms with Crippen molar-refractivity contribution in [2.45, 2.75) is 76.4 Å². The second-order valence-electron chi connectivity index (χ2n) is 16.0. The lowest BCUT2D eigenvalue weighted by Crippen LogP contribution is -2.22. The molecule has 0 aliphatic carbocycles. The molecule has 0 bridgehead atoms. The molecule has 0 atom stereocenters. The summed E-state index contributed by atoms with van der Waals surface area (Å²) < 4.78 is 63.7. The zero-order valence-corrected chi connectivity index (χ0v) is 39.3. The Labute approximate surface area is 368 Å². The van der Waals surface area contributed by atoms with Crippen LogP contribution in [0.1, 0.15) is 77.6 Å². The summed E-state index contributed by atoms with van der Waals surface area (Å²) in [6.07, 6.45) is 6.43. The summed E-state index contributed by atoms with van der Waals surface area (Å²) in [4.78, 5) is 25.6. The minimum absolute atomic E-state index is 0.106. The number of phenols is 1. The van der Waals surface area contributed by atoms with Gasteiger partial charge in [0.15, 0.2) is 19.7 Å². The third-order valence-corrected chi connectivity index (χ3v) is 12.1. The number of sulfone groups is 2. The van der Waals surface area contributed by atoms with Gasteiger partial charge in [-0.25, -0.2) is 26.4 Å². The Morgan fingerprint density at radius 2 is 0.934 bits per heavy atom. The molecule has 2 aliphatic heterocycles. The number of ether oxygens (including phenoxy) is 3. The van der Waals surface area contributed by atoms with Crippen LogP contribution >= 0.6 is 15.9 Å². The third-order valence-electron chi connectivity index (χ3n) is 9.48. The van der Waals surface area contributed by atoms with Gasteiger partial charge in [-0.05, 0) is 132 Å². The summed E-state index contributed by atoms with van der Waals surface area (Å²) in [5, 5.41) is 10.5. The Morgan fingerprint density at radius 3 is 1.25 bits per heavy atom. The van der Waals surface area contributed by atoms with Gasteiger partial charge in [0.25, 0.3) is 0 Å². The van der Waals surface area contributed by atoms with Gasteiger partial charge in [-0.1, -0.05) is 81.7 Å². The van der Waals surface area contributed by atoms with E-state index < -0.39 is 42.8 Å². The van der Waals surface area contributed by atoms with E-state index in [0.717, 1.165) is 28.3 Å². The maximum Gasteiger partial charge on any atom is 0.340 e. The van der Waals surface area contributed by atoms with E-state index in [4.69, 9.17) is 14.2 Å². The fourth-order valence-corrected chi connectivity index (χ4v) is 8.43. The van der Waals surface area contributed by atoms with Gasteiger partial charge >= 0.3 is 11.9 Å². The van der Waals surface area contributed by atoms with E-state index in [0.29, 0.717) is 40.2 Å². The zero-order valence-electron chi connectivity index (χ0n) is 36.1. The molecular weight excluding hydrogens is 881 g/mol. The fraction of sp³-hybridized carbons (Fsp3) is 0.292. The standard InChI is InChI=1S/C24H26O5S.C19H18O5S.C5H9Br/c1-16(2)14-15-28-19-10-6-17(7-11-19)21-22(24(3,4)29-23(21)25)18-8-12-20(13-9-18)30(5,26)27;1-19(2)17(13-6-10-15(11-7-13)25(3,22)23)16(18(21)24-19)12-4-8-14(20)9-5-12;1-5(2)3-4-6/h6-14H,15H2,1-5H3;4-11,20H,1-3H3;3H,4H2,1-2H3. The number of phenolic OH excluding ortho intramolecular Hbond substituents is 1. The van der Waals surface area contributed by atoms with Crippen LogP contribution in [0, 0.1) is 0 Å². The zero-order chi connectivity index (χ0) is 45.5. The molecule has 2 heterocycles. The minimum atomic E-state index is -3.30. The summed E-state index contributed by atoms with van der Waals surface area (Å²) in [5.41, 5.74) is 5.98. The van der Waals surface area contributed by atoms with Gasteiger partial charge in [0.05, 0.1) is 20.9 Å². The van der Waals surface area contributed by atoms with Crippen LogP contribution in [0.5, 0.6) is 11.5 Å². The first kappa shape index (κ1) is 48.4. The Balaban J connectivity index is 0.000000240. The molecule has 13 heteroatoms. The summed E-state index contributed by atoms with van der Waals surface area (Å²) in [7, 11) is -6.59. The number of carbonyl (C=O) groups excluding carboxylic acids is 2. The van der Waals surface area contributed by atoms with Crippen LogP contribution in [0.25, 0.3) is 22.3 Å². The van der Waals surface area contributed by atoms with E-state index in [-0.39, 0.29) is 15.5 Å². The van der Waals surface area contributed by atoms with Crippen LogP contribution in [0.2, 0.25) is 0 Å². The monoisotopic (exact) mass is 932 g/mol. The molecule has 0 unspecified atom stereocenters. The Kier molecular flexibility index (Phi) is 15.6. The molecule has 1 N–H and O–H groups in total. The number of halogens is 1. The fourth-order valence-electron chi connectivity index (χ4n) is 6.52. The number of benzene rings is 4. The number of alkyl halides is 1. The van der Waals surface area contributed by atoms with Crippen LogP contribution in [0.4, 0.5) is 0 Å². The Hall–Kier alpha value is -5.24. The number of hydrogen-bond acceptors (Lipinski definition) is 10. The molecule has 4 aromatic rings.